The zero-order chi connectivity index (χ0) is 16.7. The van der Waals surface area contributed by atoms with Crippen LogP contribution in [0.1, 0.15) is 40.6 Å². The van der Waals surface area contributed by atoms with Crippen molar-refractivity contribution >= 4 is 17.7 Å². The minimum Gasteiger partial charge on any atom is -0.479 e. The molecule has 0 radical (unpaired) electrons. The third kappa shape index (κ3) is 2.62. The van der Waals surface area contributed by atoms with Crippen molar-refractivity contribution in [3.8, 4) is 0 Å². The summed E-state index contributed by atoms with van der Waals surface area (Å²) in [5, 5.41) is 12.8. The summed E-state index contributed by atoms with van der Waals surface area (Å²) in [6, 6.07) is 4.52. The molecule has 2 aliphatic rings. The molecule has 1 atom stereocenters. The van der Waals surface area contributed by atoms with Gasteiger partial charge in [0.2, 0.25) is 0 Å². The Kier molecular flexibility index (Phi) is 3.48. The summed E-state index contributed by atoms with van der Waals surface area (Å²) in [6.07, 6.45) is 5.75. The number of aliphatic carboxylic acids is 1. The Morgan fingerprint density at radius 1 is 1.29 bits per heavy atom. The lowest BCUT2D eigenvalue weighted by molar-refractivity contribution is -0.143. The van der Waals surface area contributed by atoms with Gasteiger partial charge in [0.15, 0.2) is 6.04 Å². The van der Waals surface area contributed by atoms with Crippen molar-refractivity contribution in [1.29, 1.82) is 0 Å². The summed E-state index contributed by atoms with van der Waals surface area (Å²) in [5.74, 6) is -0.0291. The van der Waals surface area contributed by atoms with Gasteiger partial charge in [0, 0.05) is 30.8 Å². The van der Waals surface area contributed by atoms with E-state index in [9.17, 15) is 14.7 Å². The van der Waals surface area contributed by atoms with E-state index in [1.807, 2.05) is 0 Å². The van der Waals surface area contributed by atoms with Crippen LogP contribution >= 0.6 is 0 Å². The SMILES string of the molecule is O=C(O)C1c2ccoc2CCN1C(=O)c1ccc(NC2CC2)nc1. The molecule has 1 unspecified atom stereocenters. The number of rotatable bonds is 4. The molecule has 1 fully saturated rings. The Labute approximate surface area is 138 Å². The fourth-order valence-electron chi connectivity index (χ4n) is 3.01. The number of fused-ring (bicyclic) bond motifs is 1. The highest BCUT2D eigenvalue weighted by atomic mass is 16.4. The maximum atomic E-state index is 12.8. The Balaban J connectivity index is 1.57. The number of carbonyl (C=O) groups excluding carboxylic acids is 1. The summed E-state index contributed by atoms with van der Waals surface area (Å²) in [5.41, 5.74) is 0.927. The fraction of sp³-hybridized carbons (Fsp3) is 0.353. The lowest BCUT2D eigenvalue weighted by Crippen LogP contribution is -2.43. The lowest BCUT2D eigenvalue weighted by Gasteiger charge is -2.32. The molecule has 7 heteroatoms. The molecule has 124 valence electrons. The summed E-state index contributed by atoms with van der Waals surface area (Å²) < 4.78 is 5.31. The van der Waals surface area contributed by atoms with E-state index in [-0.39, 0.29) is 5.91 Å². The second-order valence-electron chi connectivity index (χ2n) is 6.14. The third-order valence-electron chi connectivity index (χ3n) is 4.40. The third-order valence-corrected chi connectivity index (χ3v) is 4.40. The van der Waals surface area contributed by atoms with Gasteiger partial charge in [-0.25, -0.2) is 9.78 Å². The molecule has 4 rings (SSSR count). The van der Waals surface area contributed by atoms with E-state index in [1.165, 1.54) is 17.4 Å². The second-order valence-corrected chi connectivity index (χ2v) is 6.14. The first-order valence-electron chi connectivity index (χ1n) is 7.96. The fourth-order valence-corrected chi connectivity index (χ4v) is 3.01. The van der Waals surface area contributed by atoms with Crippen molar-refractivity contribution < 1.29 is 19.1 Å². The van der Waals surface area contributed by atoms with Crippen LogP contribution < -0.4 is 5.32 Å². The number of carboxylic acid groups (broad SMARTS) is 1. The molecule has 0 aromatic carbocycles. The van der Waals surface area contributed by atoms with Crippen LogP contribution in [0, 0.1) is 0 Å². The van der Waals surface area contributed by atoms with Gasteiger partial charge in [0.1, 0.15) is 11.6 Å². The van der Waals surface area contributed by atoms with Gasteiger partial charge in [-0.3, -0.25) is 4.79 Å². The first kappa shape index (κ1) is 14.7. The van der Waals surface area contributed by atoms with Crippen molar-refractivity contribution in [2.75, 3.05) is 11.9 Å². The first-order chi connectivity index (χ1) is 11.6. The Bertz CT molecular complexity index is 779. The van der Waals surface area contributed by atoms with Crippen LogP contribution in [-0.2, 0) is 11.2 Å². The van der Waals surface area contributed by atoms with Crippen LogP contribution in [0.15, 0.2) is 35.1 Å². The Hall–Kier alpha value is -2.83. The van der Waals surface area contributed by atoms with Gasteiger partial charge in [-0.15, -0.1) is 0 Å². The molecule has 2 N–H and O–H groups in total. The van der Waals surface area contributed by atoms with Gasteiger partial charge >= 0.3 is 5.97 Å². The number of carboxylic acids is 1. The molecule has 1 amide bonds. The van der Waals surface area contributed by atoms with Crippen LogP contribution in [0.25, 0.3) is 0 Å². The van der Waals surface area contributed by atoms with Crippen LogP contribution in [0.5, 0.6) is 0 Å². The topological polar surface area (TPSA) is 95.7 Å². The molecule has 0 bridgehead atoms. The van der Waals surface area contributed by atoms with E-state index in [4.69, 9.17) is 4.42 Å². The zero-order valence-electron chi connectivity index (χ0n) is 12.9. The number of carbonyl (C=O) groups is 2. The highest BCUT2D eigenvalue weighted by Crippen LogP contribution is 2.32. The summed E-state index contributed by atoms with van der Waals surface area (Å²) in [6.45, 7) is 0.304. The number of nitrogens with zero attached hydrogens (tertiary/aromatic N) is 2. The minimum absolute atomic E-state index is 0.304. The van der Waals surface area contributed by atoms with Crippen LogP contribution in [0.4, 0.5) is 5.82 Å². The smallest absolute Gasteiger partial charge is 0.331 e. The summed E-state index contributed by atoms with van der Waals surface area (Å²) >= 11 is 0. The maximum absolute atomic E-state index is 12.8. The van der Waals surface area contributed by atoms with Crippen molar-refractivity contribution in [2.24, 2.45) is 0 Å². The zero-order valence-corrected chi connectivity index (χ0v) is 12.9. The number of nitrogens with one attached hydrogen (secondary N) is 1. The first-order valence-corrected chi connectivity index (χ1v) is 7.96. The van der Waals surface area contributed by atoms with Gasteiger partial charge in [0.05, 0.1) is 11.8 Å². The van der Waals surface area contributed by atoms with Gasteiger partial charge in [-0.05, 0) is 31.0 Å². The average Bonchev–Trinajstić information content (AvgIpc) is 3.26. The van der Waals surface area contributed by atoms with Gasteiger partial charge < -0.3 is 19.7 Å². The summed E-state index contributed by atoms with van der Waals surface area (Å²) in [4.78, 5) is 30.1. The Morgan fingerprint density at radius 2 is 2.12 bits per heavy atom. The molecule has 1 aliphatic carbocycles. The highest BCUT2D eigenvalue weighted by molar-refractivity contribution is 5.97. The van der Waals surface area contributed by atoms with E-state index in [2.05, 4.69) is 10.3 Å². The molecule has 0 spiro atoms. The molecule has 1 aliphatic heterocycles. The minimum atomic E-state index is -1.06. The van der Waals surface area contributed by atoms with Crippen LogP contribution in [0.3, 0.4) is 0 Å². The van der Waals surface area contributed by atoms with Crippen LogP contribution in [0.2, 0.25) is 0 Å². The van der Waals surface area contributed by atoms with E-state index < -0.39 is 12.0 Å². The molecule has 2 aromatic heterocycles. The quantitative estimate of drug-likeness (QED) is 0.892. The van der Waals surface area contributed by atoms with Gasteiger partial charge in [-0.2, -0.15) is 0 Å². The predicted molar refractivity (Wildman–Crippen MR) is 84.7 cm³/mol. The highest BCUT2D eigenvalue weighted by Gasteiger charge is 2.38. The van der Waals surface area contributed by atoms with E-state index in [0.717, 1.165) is 18.7 Å². The van der Waals surface area contributed by atoms with Gasteiger partial charge in [-0.1, -0.05) is 0 Å². The number of aromatic nitrogens is 1. The van der Waals surface area contributed by atoms with Crippen molar-refractivity contribution in [2.45, 2.75) is 31.3 Å². The van der Waals surface area contributed by atoms with Gasteiger partial charge in [0.25, 0.3) is 5.91 Å². The standard InChI is InChI=1S/C17H17N3O4/c21-16(10-1-4-14(18-9-10)19-11-2-3-11)20-7-5-13-12(6-8-24-13)15(20)17(22)23/h1,4,6,8-9,11,15H,2-3,5,7H2,(H,18,19)(H,22,23). The van der Waals surface area contributed by atoms with Crippen molar-refractivity contribution in [3.05, 3.63) is 47.5 Å². The van der Waals surface area contributed by atoms with E-state index >= 15 is 0 Å². The number of hydrogen-bond acceptors (Lipinski definition) is 5. The molecule has 0 saturated heterocycles. The monoisotopic (exact) mass is 327 g/mol. The second kappa shape index (κ2) is 5.67. The molecule has 7 nitrogen and oxygen atoms in total. The normalized spacial score (nSPS) is 19.7. The molecular weight excluding hydrogens is 310 g/mol. The van der Waals surface area contributed by atoms with E-state index in [0.29, 0.717) is 35.9 Å². The van der Waals surface area contributed by atoms with Crippen molar-refractivity contribution in [1.82, 2.24) is 9.88 Å². The molecule has 1 saturated carbocycles. The van der Waals surface area contributed by atoms with E-state index in [1.54, 1.807) is 18.2 Å². The average molecular weight is 327 g/mol. The van der Waals surface area contributed by atoms with Crippen LogP contribution in [-0.4, -0.2) is 39.5 Å². The largest absolute Gasteiger partial charge is 0.479 e. The predicted octanol–water partition coefficient (Wildman–Crippen LogP) is 2.07. The summed E-state index contributed by atoms with van der Waals surface area (Å²) in [7, 11) is 0. The molecule has 3 heterocycles. The van der Waals surface area contributed by atoms with Crippen molar-refractivity contribution in [3.63, 3.8) is 0 Å². The maximum Gasteiger partial charge on any atom is 0.331 e. The number of hydrogen-bond donors (Lipinski definition) is 2. The number of pyridine rings is 1. The molecular formula is C17H17N3O4. The molecule has 2 aromatic rings. The molecule has 24 heavy (non-hydrogen) atoms. The number of amides is 1. The number of furan rings is 1. The lowest BCUT2D eigenvalue weighted by atomic mass is 9.98. The number of anilines is 1. The Morgan fingerprint density at radius 3 is 2.79 bits per heavy atom.